The number of hydrogen-bond donors (Lipinski definition) is 2. The standard InChI is InChI=1S/C17H29NO/c1-6-13(5)14-8-10-15(11-9-14)17(19)16(7-2)18-12(3)4/h8-13,16-19H,6-7H2,1-5H3. The van der Waals surface area contributed by atoms with E-state index >= 15 is 0 Å². The molecule has 0 aliphatic heterocycles. The second-order valence-electron chi connectivity index (χ2n) is 5.76. The predicted octanol–water partition coefficient (Wildman–Crippen LogP) is 4.01. The Morgan fingerprint density at radius 1 is 0.947 bits per heavy atom. The zero-order valence-electron chi connectivity index (χ0n) is 13.0. The zero-order valence-corrected chi connectivity index (χ0v) is 13.0. The van der Waals surface area contributed by atoms with Gasteiger partial charge in [-0.2, -0.15) is 0 Å². The third-order valence-electron chi connectivity index (χ3n) is 3.83. The summed E-state index contributed by atoms with van der Waals surface area (Å²) < 4.78 is 0. The molecule has 3 unspecified atom stereocenters. The van der Waals surface area contributed by atoms with Crippen LogP contribution >= 0.6 is 0 Å². The van der Waals surface area contributed by atoms with Crippen LogP contribution in [0.1, 0.15) is 70.6 Å². The summed E-state index contributed by atoms with van der Waals surface area (Å²) in [4.78, 5) is 0. The summed E-state index contributed by atoms with van der Waals surface area (Å²) in [6, 6.07) is 8.94. The van der Waals surface area contributed by atoms with Crippen molar-refractivity contribution in [2.24, 2.45) is 0 Å². The fourth-order valence-corrected chi connectivity index (χ4v) is 2.35. The monoisotopic (exact) mass is 263 g/mol. The first-order valence-corrected chi connectivity index (χ1v) is 7.53. The molecular weight excluding hydrogens is 234 g/mol. The minimum atomic E-state index is -0.432. The molecule has 0 aromatic heterocycles. The van der Waals surface area contributed by atoms with Gasteiger partial charge in [-0.1, -0.05) is 58.9 Å². The molecule has 0 saturated heterocycles. The van der Waals surface area contributed by atoms with Crippen LogP contribution in [0, 0.1) is 0 Å². The van der Waals surface area contributed by atoms with Crippen molar-refractivity contribution >= 4 is 0 Å². The Kier molecular flexibility index (Phi) is 6.53. The van der Waals surface area contributed by atoms with Crippen molar-refractivity contribution in [1.82, 2.24) is 5.32 Å². The molecule has 108 valence electrons. The van der Waals surface area contributed by atoms with Gasteiger partial charge in [-0.25, -0.2) is 0 Å². The molecule has 0 fully saturated rings. The summed E-state index contributed by atoms with van der Waals surface area (Å²) in [7, 11) is 0. The third kappa shape index (κ3) is 4.63. The van der Waals surface area contributed by atoms with Gasteiger partial charge in [-0.3, -0.25) is 0 Å². The Balaban J connectivity index is 2.78. The number of benzene rings is 1. The van der Waals surface area contributed by atoms with E-state index < -0.39 is 6.10 Å². The van der Waals surface area contributed by atoms with E-state index in [9.17, 15) is 5.11 Å². The van der Waals surface area contributed by atoms with Crippen LogP contribution in [0.4, 0.5) is 0 Å². The molecule has 0 spiro atoms. The number of aliphatic hydroxyl groups excluding tert-OH is 1. The highest BCUT2D eigenvalue weighted by Crippen LogP contribution is 2.23. The molecule has 0 amide bonds. The van der Waals surface area contributed by atoms with Crippen LogP contribution in [-0.2, 0) is 0 Å². The molecule has 0 heterocycles. The van der Waals surface area contributed by atoms with Crippen LogP contribution in [0.2, 0.25) is 0 Å². The smallest absolute Gasteiger partial charge is 0.0942 e. The maximum Gasteiger partial charge on any atom is 0.0942 e. The summed E-state index contributed by atoms with van der Waals surface area (Å²) in [6.07, 6.45) is 1.64. The van der Waals surface area contributed by atoms with E-state index in [0.717, 1.165) is 18.4 Å². The van der Waals surface area contributed by atoms with Gasteiger partial charge in [0, 0.05) is 12.1 Å². The van der Waals surface area contributed by atoms with Crippen LogP contribution in [0.5, 0.6) is 0 Å². The van der Waals surface area contributed by atoms with E-state index in [1.807, 2.05) is 0 Å². The van der Waals surface area contributed by atoms with E-state index in [1.165, 1.54) is 5.56 Å². The van der Waals surface area contributed by atoms with Gasteiger partial charge in [-0.15, -0.1) is 0 Å². The van der Waals surface area contributed by atoms with Crippen LogP contribution < -0.4 is 5.32 Å². The lowest BCUT2D eigenvalue weighted by Gasteiger charge is -2.25. The SMILES string of the molecule is CCC(C)c1ccc(C(O)C(CC)NC(C)C)cc1. The molecular formula is C17H29NO. The topological polar surface area (TPSA) is 32.3 Å². The molecule has 0 aliphatic carbocycles. The molecule has 2 nitrogen and oxygen atoms in total. The zero-order chi connectivity index (χ0) is 14.4. The number of rotatable bonds is 7. The largest absolute Gasteiger partial charge is 0.387 e. The summed E-state index contributed by atoms with van der Waals surface area (Å²) in [5.74, 6) is 0.585. The van der Waals surface area contributed by atoms with E-state index in [0.29, 0.717) is 12.0 Å². The second kappa shape index (κ2) is 7.66. The first-order valence-electron chi connectivity index (χ1n) is 7.53. The molecule has 2 heteroatoms. The summed E-state index contributed by atoms with van der Waals surface area (Å²) >= 11 is 0. The molecule has 3 atom stereocenters. The minimum absolute atomic E-state index is 0.120. The molecule has 1 aromatic carbocycles. The van der Waals surface area contributed by atoms with E-state index in [4.69, 9.17) is 0 Å². The molecule has 19 heavy (non-hydrogen) atoms. The third-order valence-corrected chi connectivity index (χ3v) is 3.83. The van der Waals surface area contributed by atoms with Gasteiger partial charge < -0.3 is 10.4 Å². The molecule has 2 N–H and O–H groups in total. The molecule has 1 rings (SSSR count). The average Bonchev–Trinajstić information content (AvgIpc) is 2.43. The van der Waals surface area contributed by atoms with Gasteiger partial charge in [0.15, 0.2) is 0 Å². The van der Waals surface area contributed by atoms with Gasteiger partial charge >= 0.3 is 0 Å². The lowest BCUT2D eigenvalue weighted by Crippen LogP contribution is -2.38. The van der Waals surface area contributed by atoms with Crippen molar-refractivity contribution in [3.63, 3.8) is 0 Å². The van der Waals surface area contributed by atoms with Crippen molar-refractivity contribution < 1.29 is 5.11 Å². The lowest BCUT2D eigenvalue weighted by atomic mass is 9.94. The summed E-state index contributed by atoms with van der Waals surface area (Å²) in [5.41, 5.74) is 2.36. The van der Waals surface area contributed by atoms with Crippen LogP contribution in [0.3, 0.4) is 0 Å². The van der Waals surface area contributed by atoms with Crippen molar-refractivity contribution in [1.29, 1.82) is 0 Å². The Bertz CT molecular complexity index is 358. The van der Waals surface area contributed by atoms with E-state index in [2.05, 4.69) is 64.2 Å². The van der Waals surface area contributed by atoms with Crippen molar-refractivity contribution in [2.75, 3.05) is 0 Å². The number of hydrogen-bond acceptors (Lipinski definition) is 2. The quantitative estimate of drug-likeness (QED) is 0.779. The molecule has 0 saturated carbocycles. The van der Waals surface area contributed by atoms with E-state index in [-0.39, 0.29) is 6.04 Å². The lowest BCUT2D eigenvalue weighted by molar-refractivity contribution is 0.121. The minimum Gasteiger partial charge on any atom is -0.387 e. The molecule has 1 aromatic rings. The number of nitrogens with one attached hydrogen (secondary N) is 1. The van der Waals surface area contributed by atoms with Gasteiger partial charge in [-0.05, 0) is 29.9 Å². The summed E-state index contributed by atoms with van der Waals surface area (Å²) in [6.45, 7) is 10.8. The van der Waals surface area contributed by atoms with Gasteiger partial charge in [0.25, 0.3) is 0 Å². The van der Waals surface area contributed by atoms with Gasteiger partial charge in [0.1, 0.15) is 0 Å². The molecule has 0 radical (unpaired) electrons. The van der Waals surface area contributed by atoms with Crippen LogP contribution in [0.15, 0.2) is 24.3 Å². The molecule has 0 bridgehead atoms. The maximum atomic E-state index is 10.5. The molecule has 0 aliphatic rings. The first kappa shape index (κ1) is 16.2. The highest BCUT2D eigenvalue weighted by molar-refractivity contribution is 5.27. The van der Waals surface area contributed by atoms with Crippen LogP contribution in [-0.4, -0.2) is 17.2 Å². The Labute approximate surface area is 118 Å². The maximum absolute atomic E-state index is 10.5. The van der Waals surface area contributed by atoms with Crippen LogP contribution in [0.25, 0.3) is 0 Å². The summed E-state index contributed by atoms with van der Waals surface area (Å²) in [5, 5.41) is 13.9. The Hall–Kier alpha value is -0.860. The predicted molar refractivity (Wildman–Crippen MR) is 82.5 cm³/mol. The first-order chi connectivity index (χ1) is 8.99. The van der Waals surface area contributed by atoms with Crippen molar-refractivity contribution in [3.05, 3.63) is 35.4 Å². The van der Waals surface area contributed by atoms with E-state index in [1.54, 1.807) is 0 Å². The van der Waals surface area contributed by atoms with Crippen molar-refractivity contribution in [3.8, 4) is 0 Å². The van der Waals surface area contributed by atoms with Crippen molar-refractivity contribution in [2.45, 2.75) is 71.6 Å². The second-order valence-corrected chi connectivity index (χ2v) is 5.76. The van der Waals surface area contributed by atoms with Gasteiger partial charge in [0.2, 0.25) is 0 Å². The Morgan fingerprint density at radius 2 is 1.47 bits per heavy atom. The average molecular weight is 263 g/mol. The fraction of sp³-hybridized carbons (Fsp3) is 0.647. The normalized spacial score (nSPS) is 16.4. The number of aliphatic hydroxyl groups is 1. The Morgan fingerprint density at radius 3 is 1.89 bits per heavy atom. The highest BCUT2D eigenvalue weighted by Gasteiger charge is 2.19. The van der Waals surface area contributed by atoms with Gasteiger partial charge in [0.05, 0.1) is 6.10 Å². The fourth-order valence-electron chi connectivity index (χ4n) is 2.35. The highest BCUT2D eigenvalue weighted by atomic mass is 16.3.